The van der Waals surface area contributed by atoms with Crippen LogP contribution in [0.2, 0.25) is 0 Å². The molecular weight excluding hydrogens is 214 g/mol. The third-order valence-electron chi connectivity index (χ3n) is 2.12. The number of rotatable bonds is 6. The van der Waals surface area contributed by atoms with Gasteiger partial charge in [-0.2, -0.15) is 0 Å². The van der Waals surface area contributed by atoms with E-state index in [9.17, 15) is 13.9 Å². The maximum absolute atomic E-state index is 13.2. The highest BCUT2D eigenvalue weighted by Gasteiger charge is 2.10. The summed E-state index contributed by atoms with van der Waals surface area (Å²) >= 11 is 0. The summed E-state index contributed by atoms with van der Waals surface area (Å²) in [6.45, 7) is 2.66. The summed E-state index contributed by atoms with van der Waals surface area (Å²) in [5.74, 6) is -1.01. The lowest BCUT2D eigenvalue weighted by atomic mass is 10.1. The van der Waals surface area contributed by atoms with Crippen LogP contribution >= 0.6 is 0 Å². The molecule has 0 fully saturated rings. The molecule has 0 amide bonds. The van der Waals surface area contributed by atoms with Crippen LogP contribution in [-0.4, -0.2) is 24.4 Å². The van der Waals surface area contributed by atoms with Gasteiger partial charge < -0.3 is 9.84 Å². The predicted molar refractivity (Wildman–Crippen MR) is 57.2 cm³/mol. The standard InChI is InChI=1S/C12H16F2O2/c1-2-5-16-8-11(15)7-9-6-10(13)3-4-12(9)14/h3-4,6,11,15H,2,5,7-8H2,1H3. The zero-order valence-corrected chi connectivity index (χ0v) is 9.25. The Bertz CT molecular complexity index is 329. The van der Waals surface area contributed by atoms with E-state index in [2.05, 4.69) is 0 Å². The van der Waals surface area contributed by atoms with Crippen molar-refractivity contribution in [2.75, 3.05) is 13.2 Å². The lowest BCUT2D eigenvalue weighted by Crippen LogP contribution is -2.19. The molecule has 0 saturated carbocycles. The van der Waals surface area contributed by atoms with Crippen molar-refractivity contribution in [2.24, 2.45) is 0 Å². The highest BCUT2D eigenvalue weighted by atomic mass is 19.1. The van der Waals surface area contributed by atoms with Crippen LogP contribution in [0.1, 0.15) is 18.9 Å². The summed E-state index contributed by atoms with van der Waals surface area (Å²) in [5, 5.41) is 9.53. The fourth-order valence-corrected chi connectivity index (χ4v) is 1.38. The Morgan fingerprint density at radius 3 is 2.81 bits per heavy atom. The molecule has 0 aromatic heterocycles. The van der Waals surface area contributed by atoms with Crippen molar-refractivity contribution in [3.05, 3.63) is 35.4 Å². The van der Waals surface area contributed by atoms with E-state index in [1.807, 2.05) is 6.92 Å². The molecule has 1 aromatic rings. The summed E-state index contributed by atoms with van der Waals surface area (Å²) < 4.78 is 31.1. The van der Waals surface area contributed by atoms with Crippen LogP contribution in [0, 0.1) is 11.6 Å². The molecule has 4 heteroatoms. The SMILES string of the molecule is CCCOCC(O)Cc1cc(F)ccc1F. The molecule has 0 radical (unpaired) electrons. The lowest BCUT2D eigenvalue weighted by Gasteiger charge is -2.11. The van der Waals surface area contributed by atoms with Gasteiger partial charge in [-0.1, -0.05) is 6.92 Å². The minimum atomic E-state index is -0.803. The molecule has 0 saturated heterocycles. The van der Waals surface area contributed by atoms with Gasteiger partial charge in [0.05, 0.1) is 12.7 Å². The molecule has 0 bridgehead atoms. The van der Waals surface area contributed by atoms with E-state index in [1.165, 1.54) is 0 Å². The Labute approximate surface area is 93.9 Å². The molecule has 0 aliphatic heterocycles. The minimum absolute atomic E-state index is 0.0628. The zero-order valence-electron chi connectivity index (χ0n) is 9.25. The Morgan fingerprint density at radius 2 is 2.12 bits per heavy atom. The third kappa shape index (κ3) is 4.24. The molecule has 1 atom stereocenters. The summed E-state index contributed by atoms with van der Waals surface area (Å²) in [5.41, 5.74) is 0.174. The lowest BCUT2D eigenvalue weighted by molar-refractivity contribution is 0.0370. The first-order valence-corrected chi connectivity index (χ1v) is 5.33. The smallest absolute Gasteiger partial charge is 0.126 e. The summed E-state index contributed by atoms with van der Waals surface area (Å²) in [6, 6.07) is 3.21. The number of aliphatic hydroxyl groups is 1. The second-order valence-corrected chi connectivity index (χ2v) is 3.67. The molecule has 90 valence electrons. The van der Waals surface area contributed by atoms with E-state index in [1.54, 1.807) is 0 Å². The number of aliphatic hydroxyl groups excluding tert-OH is 1. The van der Waals surface area contributed by atoms with E-state index < -0.39 is 17.7 Å². The van der Waals surface area contributed by atoms with Crippen molar-refractivity contribution in [1.29, 1.82) is 0 Å². The topological polar surface area (TPSA) is 29.5 Å². The van der Waals surface area contributed by atoms with Gasteiger partial charge in [0.2, 0.25) is 0 Å². The molecule has 0 spiro atoms. The number of hydrogen-bond donors (Lipinski definition) is 1. The van der Waals surface area contributed by atoms with Crippen LogP contribution in [0.3, 0.4) is 0 Å². The maximum Gasteiger partial charge on any atom is 0.126 e. The van der Waals surface area contributed by atoms with Gasteiger partial charge in [0.25, 0.3) is 0 Å². The van der Waals surface area contributed by atoms with E-state index in [0.717, 1.165) is 24.6 Å². The fraction of sp³-hybridized carbons (Fsp3) is 0.500. The molecule has 1 rings (SSSR count). The van der Waals surface area contributed by atoms with Gasteiger partial charge in [0.15, 0.2) is 0 Å². The fourth-order valence-electron chi connectivity index (χ4n) is 1.38. The quantitative estimate of drug-likeness (QED) is 0.760. The second-order valence-electron chi connectivity index (χ2n) is 3.67. The normalized spacial score (nSPS) is 12.8. The Kier molecular flexibility index (Phi) is 5.35. The Balaban J connectivity index is 2.48. The molecule has 0 aliphatic rings. The minimum Gasteiger partial charge on any atom is -0.390 e. The highest BCUT2D eigenvalue weighted by molar-refractivity contribution is 5.19. The predicted octanol–water partition coefficient (Wildman–Crippen LogP) is 2.29. The third-order valence-corrected chi connectivity index (χ3v) is 2.12. The van der Waals surface area contributed by atoms with E-state index in [4.69, 9.17) is 4.74 Å². The second kappa shape index (κ2) is 6.55. The molecule has 1 unspecified atom stereocenters. The highest BCUT2D eigenvalue weighted by Crippen LogP contribution is 2.12. The molecule has 0 heterocycles. The molecule has 1 aromatic carbocycles. The molecule has 16 heavy (non-hydrogen) atoms. The van der Waals surface area contributed by atoms with Crippen molar-refractivity contribution in [1.82, 2.24) is 0 Å². The van der Waals surface area contributed by atoms with Gasteiger partial charge in [0, 0.05) is 13.0 Å². The van der Waals surface area contributed by atoms with Crippen molar-refractivity contribution < 1.29 is 18.6 Å². The summed E-state index contributed by atoms with van der Waals surface area (Å²) in [4.78, 5) is 0. The monoisotopic (exact) mass is 230 g/mol. The largest absolute Gasteiger partial charge is 0.390 e. The van der Waals surface area contributed by atoms with Gasteiger partial charge in [-0.3, -0.25) is 0 Å². The molecular formula is C12H16F2O2. The average Bonchev–Trinajstić information content (AvgIpc) is 2.24. The van der Waals surface area contributed by atoms with Gasteiger partial charge >= 0.3 is 0 Å². The van der Waals surface area contributed by atoms with Gasteiger partial charge in [-0.15, -0.1) is 0 Å². The first-order valence-electron chi connectivity index (χ1n) is 5.33. The van der Waals surface area contributed by atoms with Crippen molar-refractivity contribution in [2.45, 2.75) is 25.9 Å². The van der Waals surface area contributed by atoms with Gasteiger partial charge in [-0.25, -0.2) is 8.78 Å². The van der Waals surface area contributed by atoms with Crippen LogP contribution in [0.25, 0.3) is 0 Å². The van der Waals surface area contributed by atoms with Gasteiger partial charge in [0.1, 0.15) is 11.6 Å². The number of benzene rings is 1. The van der Waals surface area contributed by atoms with Crippen molar-refractivity contribution in [3.63, 3.8) is 0 Å². The van der Waals surface area contributed by atoms with Gasteiger partial charge in [-0.05, 0) is 30.2 Å². The Morgan fingerprint density at radius 1 is 1.38 bits per heavy atom. The average molecular weight is 230 g/mol. The van der Waals surface area contributed by atoms with Crippen molar-refractivity contribution in [3.8, 4) is 0 Å². The summed E-state index contributed by atoms with van der Waals surface area (Å²) in [7, 11) is 0. The summed E-state index contributed by atoms with van der Waals surface area (Å²) in [6.07, 6.45) is 0.122. The van der Waals surface area contributed by atoms with E-state index in [0.29, 0.717) is 6.61 Å². The molecule has 1 N–H and O–H groups in total. The van der Waals surface area contributed by atoms with Crippen LogP contribution in [-0.2, 0) is 11.2 Å². The maximum atomic E-state index is 13.2. The molecule has 0 aliphatic carbocycles. The van der Waals surface area contributed by atoms with Crippen LogP contribution in [0.4, 0.5) is 8.78 Å². The van der Waals surface area contributed by atoms with Crippen LogP contribution in [0.5, 0.6) is 0 Å². The van der Waals surface area contributed by atoms with E-state index >= 15 is 0 Å². The van der Waals surface area contributed by atoms with Crippen LogP contribution < -0.4 is 0 Å². The number of halogens is 2. The first kappa shape index (κ1) is 13.1. The number of hydrogen-bond acceptors (Lipinski definition) is 2. The van der Waals surface area contributed by atoms with Crippen LogP contribution in [0.15, 0.2) is 18.2 Å². The Hall–Kier alpha value is -1.00. The van der Waals surface area contributed by atoms with E-state index in [-0.39, 0.29) is 18.6 Å². The first-order chi connectivity index (χ1) is 7.63. The number of ether oxygens (including phenoxy) is 1. The molecule has 2 nitrogen and oxygen atoms in total. The zero-order chi connectivity index (χ0) is 12.0. The van der Waals surface area contributed by atoms with Crippen molar-refractivity contribution >= 4 is 0 Å².